The molecule has 5 heteroatoms. The van der Waals surface area contributed by atoms with Crippen LogP contribution in [0.5, 0.6) is 0 Å². The molecule has 0 saturated carbocycles. The summed E-state index contributed by atoms with van der Waals surface area (Å²) in [6.07, 6.45) is 2.21. The molecule has 1 heterocycles. The summed E-state index contributed by atoms with van der Waals surface area (Å²) in [5.41, 5.74) is 1.06. The maximum absolute atomic E-state index is 12.1. The Balaban J connectivity index is 1.96. The van der Waals surface area contributed by atoms with Crippen molar-refractivity contribution >= 4 is 10.0 Å². The summed E-state index contributed by atoms with van der Waals surface area (Å²) in [7, 11) is -3.35. The molecule has 2 rings (SSSR count). The lowest BCUT2D eigenvalue weighted by molar-refractivity contribution is 0.376. The van der Waals surface area contributed by atoms with E-state index >= 15 is 0 Å². The van der Waals surface area contributed by atoms with Crippen LogP contribution in [0.3, 0.4) is 0 Å². The van der Waals surface area contributed by atoms with E-state index in [4.69, 9.17) is 0 Å². The summed E-state index contributed by atoms with van der Waals surface area (Å²) in [5.74, 6) is 0.402. The van der Waals surface area contributed by atoms with Crippen molar-refractivity contribution in [3.8, 4) is 0 Å². The first-order valence-corrected chi connectivity index (χ1v) is 7.83. The molecule has 1 unspecified atom stereocenters. The predicted octanol–water partition coefficient (Wildman–Crippen LogP) is 1.27. The van der Waals surface area contributed by atoms with Crippen molar-refractivity contribution in [1.82, 2.24) is 10.0 Å². The van der Waals surface area contributed by atoms with Crippen LogP contribution in [0, 0.1) is 12.8 Å². The van der Waals surface area contributed by atoms with E-state index in [-0.39, 0.29) is 0 Å². The highest BCUT2D eigenvalue weighted by atomic mass is 32.2. The summed E-state index contributed by atoms with van der Waals surface area (Å²) in [6, 6.07) is 6.93. The van der Waals surface area contributed by atoms with Gasteiger partial charge in [0.2, 0.25) is 10.0 Å². The first-order chi connectivity index (χ1) is 8.58. The van der Waals surface area contributed by atoms with Crippen molar-refractivity contribution in [1.29, 1.82) is 0 Å². The highest BCUT2D eigenvalue weighted by molar-refractivity contribution is 7.89. The summed E-state index contributed by atoms with van der Waals surface area (Å²) >= 11 is 0. The van der Waals surface area contributed by atoms with Gasteiger partial charge in [0.15, 0.2) is 0 Å². The number of sulfonamides is 1. The van der Waals surface area contributed by atoms with Crippen LogP contribution in [0.15, 0.2) is 29.2 Å². The Labute approximate surface area is 109 Å². The maximum atomic E-state index is 12.1. The van der Waals surface area contributed by atoms with Gasteiger partial charge in [-0.3, -0.25) is 0 Å². The lowest BCUT2D eigenvalue weighted by Gasteiger charge is -2.22. The van der Waals surface area contributed by atoms with Gasteiger partial charge in [0.25, 0.3) is 0 Å². The molecule has 0 radical (unpaired) electrons. The summed E-state index contributed by atoms with van der Waals surface area (Å²) in [5, 5.41) is 3.28. The number of benzene rings is 1. The molecule has 0 bridgehead atoms. The average molecular weight is 268 g/mol. The molecule has 18 heavy (non-hydrogen) atoms. The maximum Gasteiger partial charge on any atom is 0.240 e. The van der Waals surface area contributed by atoms with Gasteiger partial charge in [-0.1, -0.05) is 17.7 Å². The zero-order valence-corrected chi connectivity index (χ0v) is 11.5. The molecular weight excluding hydrogens is 248 g/mol. The van der Waals surface area contributed by atoms with Crippen LogP contribution >= 0.6 is 0 Å². The third-order valence-corrected chi connectivity index (χ3v) is 4.73. The van der Waals surface area contributed by atoms with E-state index < -0.39 is 10.0 Å². The molecule has 4 nitrogen and oxygen atoms in total. The van der Waals surface area contributed by atoms with Crippen LogP contribution in [0.1, 0.15) is 18.4 Å². The largest absolute Gasteiger partial charge is 0.316 e. The van der Waals surface area contributed by atoms with Crippen molar-refractivity contribution in [3.05, 3.63) is 29.8 Å². The Bertz CT molecular complexity index is 476. The van der Waals surface area contributed by atoms with E-state index in [0.29, 0.717) is 17.4 Å². The monoisotopic (exact) mass is 268 g/mol. The highest BCUT2D eigenvalue weighted by Crippen LogP contribution is 2.12. The summed E-state index contributed by atoms with van der Waals surface area (Å²) in [4.78, 5) is 0.344. The number of hydrogen-bond donors (Lipinski definition) is 2. The summed E-state index contributed by atoms with van der Waals surface area (Å²) < 4.78 is 26.8. The number of aryl methyl sites for hydroxylation is 1. The fraction of sp³-hybridized carbons (Fsp3) is 0.538. The molecule has 1 atom stereocenters. The molecule has 1 saturated heterocycles. The van der Waals surface area contributed by atoms with Crippen LogP contribution in [-0.2, 0) is 10.0 Å². The van der Waals surface area contributed by atoms with E-state index in [0.717, 1.165) is 31.5 Å². The van der Waals surface area contributed by atoms with Crippen molar-refractivity contribution in [2.75, 3.05) is 19.6 Å². The van der Waals surface area contributed by atoms with Gasteiger partial charge in [-0.25, -0.2) is 13.1 Å². The predicted molar refractivity (Wildman–Crippen MR) is 72.0 cm³/mol. The smallest absolute Gasteiger partial charge is 0.240 e. The first-order valence-electron chi connectivity index (χ1n) is 6.35. The van der Waals surface area contributed by atoms with Crippen LogP contribution in [-0.4, -0.2) is 28.1 Å². The quantitative estimate of drug-likeness (QED) is 0.864. The molecular formula is C13H20N2O2S. The number of hydrogen-bond acceptors (Lipinski definition) is 3. The molecule has 1 aromatic rings. The lowest BCUT2D eigenvalue weighted by atomic mass is 10.0. The van der Waals surface area contributed by atoms with E-state index in [1.165, 1.54) is 0 Å². The first kappa shape index (κ1) is 13.5. The Morgan fingerprint density at radius 3 is 2.67 bits per heavy atom. The molecule has 1 aliphatic rings. The third kappa shape index (κ3) is 3.54. The molecule has 1 fully saturated rings. The van der Waals surface area contributed by atoms with Crippen LogP contribution < -0.4 is 10.0 Å². The van der Waals surface area contributed by atoms with Gasteiger partial charge < -0.3 is 5.32 Å². The second-order valence-corrected chi connectivity index (χ2v) is 6.64. The minimum Gasteiger partial charge on any atom is -0.316 e. The lowest BCUT2D eigenvalue weighted by Crippen LogP contribution is -2.38. The van der Waals surface area contributed by atoms with Crippen molar-refractivity contribution in [3.63, 3.8) is 0 Å². The van der Waals surface area contributed by atoms with E-state index in [1.54, 1.807) is 12.1 Å². The molecule has 1 aromatic carbocycles. The number of nitrogens with one attached hydrogen (secondary N) is 2. The Hall–Kier alpha value is -0.910. The van der Waals surface area contributed by atoms with E-state index in [1.807, 2.05) is 19.1 Å². The summed E-state index contributed by atoms with van der Waals surface area (Å²) in [6.45, 7) is 4.40. The minimum atomic E-state index is -3.35. The van der Waals surface area contributed by atoms with Gasteiger partial charge in [-0.15, -0.1) is 0 Å². The zero-order chi connectivity index (χ0) is 13.0. The molecule has 0 aliphatic carbocycles. The van der Waals surface area contributed by atoms with Gasteiger partial charge >= 0.3 is 0 Å². The molecule has 100 valence electrons. The molecule has 0 amide bonds. The van der Waals surface area contributed by atoms with Gasteiger partial charge in [-0.05, 0) is 50.9 Å². The van der Waals surface area contributed by atoms with Crippen LogP contribution in [0.25, 0.3) is 0 Å². The van der Waals surface area contributed by atoms with Crippen LogP contribution in [0.4, 0.5) is 0 Å². The fourth-order valence-corrected chi connectivity index (χ4v) is 3.24. The van der Waals surface area contributed by atoms with Gasteiger partial charge in [0.1, 0.15) is 0 Å². The topological polar surface area (TPSA) is 58.2 Å². The van der Waals surface area contributed by atoms with Crippen molar-refractivity contribution < 1.29 is 8.42 Å². The number of rotatable bonds is 4. The normalized spacial score (nSPS) is 20.8. The average Bonchev–Trinajstić information content (AvgIpc) is 2.38. The van der Waals surface area contributed by atoms with Gasteiger partial charge in [0, 0.05) is 6.54 Å². The molecule has 0 spiro atoms. The van der Waals surface area contributed by atoms with Crippen molar-refractivity contribution in [2.24, 2.45) is 5.92 Å². The van der Waals surface area contributed by atoms with E-state index in [2.05, 4.69) is 10.0 Å². The highest BCUT2D eigenvalue weighted by Gasteiger charge is 2.18. The second-order valence-electron chi connectivity index (χ2n) is 4.88. The molecule has 1 aliphatic heterocycles. The fourth-order valence-electron chi connectivity index (χ4n) is 2.13. The van der Waals surface area contributed by atoms with Gasteiger partial charge in [-0.2, -0.15) is 0 Å². The Morgan fingerprint density at radius 1 is 1.33 bits per heavy atom. The van der Waals surface area contributed by atoms with Crippen LogP contribution in [0.2, 0.25) is 0 Å². The van der Waals surface area contributed by atoms with Crippen molar-refractivity contribution in [2.45, 2.75) is 24.7 Å². The van der Waals surface area contributed by atoms with E-state index in [9.17, 15) is 8.42 Å². The minimum absolute atomic E-state index is 0.344. The SMILES string of the molecule is Cc1ccc(S(=O)(=O)NCC2CCCNC2)cc1. The Kier molecular flexibility index (Phi) is 4.37. The zero-order valence-electron chi connectivity index (χ0n) is 10.6. The second kappa shape index (κ2) is 5.82. The Morgan fingerprint density at radius 2 is 2.06 bits per heavy atom. The molecule has 2 N–H and O–H groups in total. The molecule has 0 aromatic heterocycles. The third-order valence-electron chi connectivity index (χ3n) is 3.29. The standard InChI is InChI=1S/C13H20N2O2S/c1-11-4-6-13(7-5-11)18(16,17)15-10-12-3-2-8-14-9-12/h4-7,12,14-15H,2-3,8-10H2,1H3. The van der Waals surface area contributed by atoms with Gasteiger partial charge in [0.05, 0.1) is 4.90 Å². The number of piperidine rings is 1.